The number of allylic oxidation sites excluding steroid dienone is 2. The molecule has 1 fully saturated rings. The molecule has 5 aliphatic rings. The Morgan fingerprint density at radius 3 is 1.59 bits per heavy atom. The fourth-order valence-electron chi connectivity index (χ4n) is 4.08. The lowest BCUT2D eigenvalue weighted by Gasteiger charge is -2.39. The van der Waals surface area contributed by atoms with E-state index in [1.165, 1.54) is 0 Å². The molecular formula is C16H8O6. The first-order valence-corrected chi connectivity index (χ1v) is 6.94. The minimum Gasteiger partial charge on any atom is -0.393 e. The summed E-state index contributed by atoms with van der Waals surface area (Å²) in [5.41, 5.74) is 2.04. The van der Waals surface area contributed by atoms with Crippen LogP contribution in [0.15, 0.2) is 24.3 Å². The number of esters is 4. The van der Waals surface area contributed by atoms with Crippen molar-refractivity contribution in [1.82, 2.24) is 0 Å². The van der Waals surface area contributed by atoms with Gasteiger partial charge in [0.05, 0.1) is 23.0 Å². The van der Waals surface area contributed by atoms with Crippen LogP contribution >= 0.6 is 0 Å². The Bertz CT molecular complexity index is 781. The molecule has 0 N–H and O–H groups in total. The molecule has 1 aromatic rings. The predicted molar refractivity (Wildman–Crippen MR) is 68.9 cm³/mol. The summed E-state index contributed by atoms with van der Waals surface area (Å²) in [6.45, 7) is 0. The second kappa shape index (κ2) is 3.52. The minimum atomic E-state index is -0.671. The van der Waals surface area contributed by atoms with Crippen LogP contribution in [0.5, 0.6) is 0 Å². The largest absolute Gasteiger partial charge is 0.393 e. The van der Waals surface area contributed by atoms with Crippen LogP contribution in [0.3, 0.4) is 0 Å². The van der Waals surface area contributed by atoms with Crippen LogP contribution in [0.4, 0.5) is 0 Å². The van der Waals surface area contributed by atoms with E-state index in [9.17, 15) is 19.2 Å². The van der Waals surface area contributed by atoms with Crippen LogP contribution in [-0.2, 0) is 19.1 Å². The summed E-state index contributed by atoms with van der Waals surface area (Å²) in [6, 6.07) is 3.23. The molecule has 22 heavy (non-hydrogen) atoms. The standard InChI is InChI=1S/C16H8O6/c17-13-9-3-7-5-1-2-6(8(7)4-10(9)14(18)21-13)12-11(5)15(19)22-16(12)20/h1-6,11-12H. The number of rotatable bonds is 0. The zero-order chi connectivity index (χ0) is 15.2. The van der Waals surface area contributed by atoms with Crippen molar-refractivity contribution in [3.05, 3.63) is 46.5 Å². The number of ether oxygens (including phenoxy) is 2. The summed E-state index contributed by atoms with van der Waals surface area (Å²) in [7, 11) is 0. The van der Waals surface area contributed by atoms with Crippen molar-refractivity contribution in [2.24, 2.45) is 11.8 Å². The van der Waals surface area contributed by atoms with Gasteiger partial charge >= 0.3 is 23.9 Å². The van der Waals surface area contributed by atoms with Crippen LogP contribution in [0.1, 0.15) is 43.7 Å². The fourth-order valence-corrected chi connectivity index (χ4v) is 4.08. The summed E-state index contributed by atoms with van der Waals surface area (Å²) < 4.78 is 9.41. The monoisotopic (exact) mass is 296 g/mol. The van der Waals surface area contributed by atoms with E-state index in [0.717, 1.165) is 11.1 Å². The number of carbonyl (C=O) groups excluding carboxylic acids is 4. The van der Waals surface area contributed by atoms with Crippen molar-refractivity contribution in [3.8, 4) is 0 Å². The van der Waals surface area contributed by atoms with Gasteiger partial charge in [-0.05, 0) is 23.3 Å². The van der Waals surface area contributed by atoms with E-state index >= 15 is 0 Å². The van der Waals surface area contributed by atoms with Crippen LogP contribution in [0.25, 0.3) is 0 Å². The Morgan fingerprint density at radius 1 is 0.682 bits per heavy atom. The number of hydrogen-bond donors (Lipinski definition) is 0. The number of hydrogen-bond acceptors (Lipinski definition) is 6. The van der Waals surface area contributed by atoms with Crippen molar-refractivity contribution in [2.75, 3.05) is 0 Å². The number of cyclic esters (lactones) is 4. The highest BCUT2D eigenvalue weighted by atomic mass is 16.6. The Kier molecular flexibility index (Phi) is 1.90. The lowest BCUT2D eigenvalue weighted by atomic mass is 9.60. The van der Waals surface area contributed by atoms with Gasteiger partial charge in [-0.15, -0.1) is 0 Å². The van der Waals surface area contributed by atoms with Gasteiger partial charge in [-0.3, -0.25) is 9.59 Å². The third-order valence-corrected chi connectivity index (χ3v) is 5.00. The molecule has 3 aliphatic carbocycles. The quantitative estimate of drug-likeness (QED) is 0.404. The average molecular weight is 296 g/mol. The van der Waals surface area contributed by atoms with E-state index in [4.69, 9.17) is 4.74 Å². The Balaban J connectivity index is 1.77. The minimum absolute atomic E-state index is 0.221. The molecule has 0 aromatic heterocycles. The van der Waals surface area contributed by atoms with Crippen LogP contribution in [0, 0.1) is 11.8 Å². The molecule has 2 bridgehead atoms. The van der Waals surface area contributed by atoms with Crippen LogP contribution < -0.4 is 0 Å². The molecule has 0 amide bonds. The van der Waals surface area contributed by atoms with E-state index in [1.807, 2.05) is 12.2 Å². The Labute approximate surface area is 123 Å². The van der Waals surface area contributed by atoms with E-state index in [0.29, 0.717) is 0 Å². The van der Waals surface area contributed by atoms with Crippen molar-refractivity contribution in [2.45, 2.75) is 11.8 Å². The zero-order valence-corrected chi connectivity index (χ0v) is 11.1. The zero-order valence-electron chi connectivity index (χ0n) is 11.1. The molecule has 108 valence electrons. The second-order valence-corrected chi connectivity index (χ2v) is 5.93. The lowest BCUT2D eigenvalue weighted by Crippen LogP contribution is -2.37. The van der Waals surface area contributed by atoms with Gasteiger partial charge in [0.15, 0.2) is 0 Å². The third kappa shape index (κ3) is 1.17. The summed E-state index contributed by atoms with van der Waals surface area (Å²) in [5.74, 6) is -4.07. The van der Waals surface area contributed by atoms with Gasteiger partial charge in [-0.25, -0.2) is 9.59 Å². The molecule has 0 spiro atoms. The van der Waals surface area contributed by atoms with E-state index < -0.39 is 35.7 Å². The first-order valence-electron chi connectivity index (χ1n) is 6.94. The van der Waals surface area contributed by atoms with Gasteiger partial charge in [0.2, 0.25) is 0 Å². The summed E-state index contributed by atoms with van der Waals surface area (Å²) in [4.78, 5) is 47.3. The van der Waals surface area contributed by atoms with Crippen LogP contribution in [0.2, 0.25) is 0 Å². The van der Waals surface area contributed by atoms with Crippen LogP contribution in [-0.4, -0.2) is 23.9 Å². The molecule has 1 saturated heterocycles. The number of carbonyl (C=O) groups is 4. The maximum atomic E-state index is 11.9. The average Bonchev–Trinajstić information content (AvgIpc) is 2.97. The first kappa shape index (κ1) is 11.9. The SMILES string of the molecule is O=C1OC(=O)c2cc3c(cc21)C1C=CC3C2C(=O)OC(=O)C12. The highest BCUT2D eigenvalue weighted by molar-refractivity contribution is 6.15. The highest BCUT2D eigenvalue weighted by Gasteiger charge is 2.57. The van der Waals surface area contributed by atoms with E-state index in [-0.39, 0.29) is 23.0 Å². The van der Waals surface area contributed by atoms with Crippen molar-refractivity contribution < 1.29 is 28.7 Å². The molecule has 6 heteroatoms. The fraction of sp³-hybridized carbons (Fsp3) is 0.250. The molecular weight excluding hydrogens is 288 g/mol. The third-order valence-electron chi connectivity index (χ3n) is 5.00. The van der Waals surface area contributed by atoms with E-state index in [2.05, 4.69) is 4.74 Å². The smallest absolute Gasteiger partial charge is 0.346 e. The van der Waals surface area contributed by atoms with Gasteiger partial charge in [-0.1, -0.05) is 12.2 Å². The molecule has 4 unspecified atom stereocenters. The lowest BCUT2D eigenvalue weighted by molar-refractivity contribution is -0.153. The maximum Gasteiger partial charge on any atom is 0.346 e. The number of benzene rings is 1. The molecule has 1 aromatic carbocycles. The summed E-state index contributed by atoms with van der Waals surface area (Å²) in [5, 5.41) is 0. The first-order chi connectivity index (χ1) is 10.6. The molecule has 0 radical (unpaired) electrons. The maximum absolute atomic E-state index is 11.9. The molecule has 6 rings (SSSR count). The Hall–Kier alpha value is -2.76. The van der Waals surface area contributed by atoms with Crippen molar-refractivity contribution in [3.63, 3.8) is 0 Å². The topological polar surface area (TPSA) is 86.7 Å². The summed E-state index contributed by atoms with van der Waals surface area (Å²) in [6.07, 6.45) is 3.76. The van der Waals surface area contributed by atoms with Gasteiger partial charge in [-0.2, -0.15) is 0 Å². The predicted octanol–water partition coefficient (Wildman–Crippen LogP) is 1.06. The van der Waals surface area contributed by atoms with Gasteiger partial charge in [0, 0.05) is 11.8 Å². The van der Waals surface area contributed by atoms with Crippen molar-refractivity contribution >= 4 is 23.9 Å². The molecule has 0 saturated carbocycles. The van der Waals surface area contributed by atoms with Gasteiger partial charge in [0.1, 0.15) is 0 Å². The van der Waals surface area contributed by atoms with Gasteiger partial charge in [0.25, 0.3) is 0 Å². The molecule has 4 atom stereocenters. The summed E-state index contributed by atoms with van der Waals surface area (Å²) >= 11 is 0. The van der Waals surface area contributed by atoms with Gasteiger partial charge < -0.3 is 9.47 Å². The van der Waals surface area contributed by atoms with E-state index in [1.54, 1.807) is 12.1 Å². The molecule has 2 heterocycles. The second-order valence-electron chi connectivity index (χ2n) is 5.93. The Morgan fingerprint density at radius 2 is 1.14 bits per heavy atom. The van der Waals surface area contributed by atoms with Crippen molar-refractivity contribution in [1.29, 1.82) is 0 Å². The highest BCUT2D eigenvalue weighted by Crippen LogP contribution is 2.55. The number of fused-ring (bicyclic) bond motifs is 1. The normalized spacial score (nSPS) is 33.5. The molecule has 6 nitrogen and oxygen atoms in total. The molecule has 2 aliphatic heterocycles.